The van der Waals surface area contributed by atoms with Gasteiger partial charge in [-0.2, -0.15) is 0 Å². The highest BCUT2D eigenvalue weighted by atomic mass is 16.5. The van der Waals surface area contributed by atoms with Crippen LogP contribution in [0.15, 0.2) is 54.6 Å². The number of benzene rings is 3. The van der Waals surface area contributed by atoms with Gasteiger partial charge in [0.2, 0.25) is 0 Å². The molecule has 0 fully saturated rings. The maximum atomic E-state index is 13.4. The van der Waals surface area contributed by atoms with Crippen LogP contribution in [0.25, 0.3) is 0 Å². The van der Waals surface area contributed by atoms with Crippen LogP contribution in [0.2, 0.25) is 0 Å². The molecule has 10 nitrogen and oxygen atoms in total. The minimum absolute atomic E-state index is 0.197. The summed E-state index contributed by atoms with van der Waals surface area (Å²) in [6.45, 7) is 13.2. The van der Waals surface area contributed by atoms with E-state index in [2.05, 4.69) is 10.6 Å². The zero-order valence-electron chi connectivity index (χ0n) is 26.5. The van der Waals surface area contributed by atoms with Gasteiger partial charge in [0.25, 0.3) is 11.8 Å². The van der Waals surface area contributed by atoms with Crippen LogP contribution >= 0.6 is 0 Å². The van der Waals surface area contributed by atoms with Gasteiger partial charge in [0.05, 0.1) is 49.6 Å². The Balaban J connectivity index is 1.87. The first-order chi connectivity index (χ1) is 20.9. The smallest absolute Gasteiger partial charge is 0.337 e. The monoisotopic (exact) mass is 605 g/mol. The van der Waals surface area contributed by atoms with Crippen LogP contribution < -0.4 is 30.6 Å². The minimum Gasteiger partial charge on any atom is -0.491 e. The summed E-state index contributed by atoms with van der Waals surface area (Å²) in [4.78, 5) is 38.7. The minimum atomic E-state index is -0.514. The molecule has 3 rings (SSSR count). The standard InChI is InChI=1S/C34H43N3O7/c1-20(2)17-42-29-14-23(8-11-26(29)35)32(38)36-27-12-9-24(15-30(27)43-18-21(3)4)33(39)37-28-13-10-25(34(40)41-7)16-31(28)44-19-22(5)6/h8-16,20-22H,17-19,35H2,1-7H3,(H,36,38)(H,37,39). The number of carbonyl (C=O) groups excluding carboxylic acids is 3. The molecule has 0 heterocycles. The lowest BCUT2D eigenvalue weighted by atomic mass is 10.1. The van der Waals surface area contributed by atoms with Crippen molar-refractivity contribution >= 4 is 34.8 Å². The summed E-state index contributed by atoms with van der Waals surface area (Å²) >= 11 is 0. The van der Waals surface area contributed by atoms with E-state index in [0.717, 1.165) is 0 Å². The van der Waals surface area contributed by atoms with Gasteiger partial charge in [-0.15, -0.1) is 0 Å². The molecule has 0 aliphatic rings. The second kappa shape index (κ2) is 15.7. The van der Waals surface area contributed by atoms with Gasteiger partial charge in [-0.25, -0.2) is 4.79 Å². The molecule has 0 aliphatic carbocycles. The van der Waals surface area contributed by atoms with Crippen molar-refractivity contribution in [2.75, 3.05) is 43.3 Å². The Morgan fingerprint density at radius 1 is 0.614 bits per heavy atom. The van der Waals surface area contributed by atoms with Crippen molar-refractivity contribution in [3.8, 4) is 17.2 Å². The largest absolute Gasteiger partial charge is 0.491 e. The number of carbonyl (C=O) groups is 3. The van der Waals surface area contributed by atoms with Gasteiger partial charge in [0.1, 0.15) is 17.2 Å². The summed E-state index contributed by atoms with van der Waals surface area (Å²) in [6, 6.07) is 14.3. The number of anilines is 3. The van der Waals surface area contributed by atoms with Gasteiger partial charge < -0.3 is 35.3 Å². The summed E-state index contributed by atoms with van der Waals surface area (Å²) in [5, 5.41) is 5.74. The van der Waals surface area contributed by atoms with E-state index in [1.165, 1.54) is 13.2 Å². The predicted octanol–water partition coefficient (Wildman–Crippen LogP) is 6.66. The Hall–Kier alpha value is -4.73. The molecular formula is C34H43N3O7. The average molecular weight is 606 g/mol. The number of hydrogen-bond donors (Lipinski definition) is 3. The van der Waals surface area contributed by atoms with Gasteiger partial charge in [-0.3, -0.25) is 9.59 Å². The van der Waals surface area contributed by atoms with Crippen molar-refractivity contribution in [1.29, 1.82) is 0 Å². The number of rotatable bonds is 14. The number of ether oxygens (including phenoxy) is 4. The zero-order chi connectivity index (χ0) is 32.4. The highest BCUT2D eigenvalue weighted by Gasteiger charge is 2.18. The van der Waals surface area contributed by atoms with E-state index < -0.39 is 11.9 Å². The second-order valence-electron chi connectivity index (χ2n) is 11.7. The fourth-order valence-electron chi connectivity index (χ4n) is 3.84. The molecule has 10 heteroatoms. The van der Waals surface area contributed by atoms with E-state index in [0.29, 0.717) is 76.7 Å². The van der Waals surface area contributed by atoms with Gasteiger partial charge in [0, 0.05) is 11.1 Å². The Kier molecular flexibility index (Phi) is 12.0. The third-order valence-electron chi connectivity index (χ3n) is 6.14. The normalized spacial score (nSPS) is 11.0. The lowest BCUT2D eigenvalue weighted by Gasteiger charge is -2.17. The first-order valence-electron chi connectivity index (χ1n) is 14.6. The number of methoxy groups -OCH3 is 1. The predicted molar refractivity (Wildman–Crippen MR) is 172 cm³/mol. The molecule has 0 aliphatic heterocycles. The maximum Gasteiger partial charge on any atom is 0.337 e. The van der Waals surface area contributed by atoms with Crippen molar-refractivity contribution in [2.45, 2.75) is 41.5 Å². The Morgan fingerprint density at radius 3 is 1.45 bits per heavy atom. The van der Waals surface area contributed by atoms with E-state index in [1.54, 1.807) is 48.5 Å². The topological polar surface area (TPSA) is 138 Å². The molecule has 0 saturated heterocycles. The first-order valence-corrected chi connectivity index (χ1v) is 14.6. The Bertz CT molecular complexity index is 1470. The van der Waals surface area contributed by atoms with Crippen molar-refractivity contribution in [1.82, 2.24) is 0 Å². The number of esters is 1. The first kappa shape index (κ1) is 33.8. The van der Waals surface area contributed by atoms with E-state index in [-0.39, 0.29) is 17.7 Å². The van der Waals surface area contributed by atoms with Crippen LogP contribution in [0.5, 0.6) is 17.2 Å². The molecule has 0 spiro atoms. The maximum absolute atomic E-state index is 13.4. The van der Waals surface area contributed by atoms with Crippen molar-refractivity contribution < 1.29 is 33.3 Å². The molecular weight excluding hydrogens is 562 g/mol. The highest BCUT2D eigenvalue weighted by Crippen LogP contribution is 2.31. The van der Waals surface area contributed by atoms with Crippen LogP contribution in [-0.2, 0) is 4.74 Å². The van der Waals surface area contributed by atoms with Gasteiger partial charge in [-0.1, -0.05) is 41.5 Å². The number of amides is 2. The highest BCUT2D eigenvalue weighted by molar-refractivity contribution is 6.08. The zero-order valence-corrected chi connectivity index (χ0v) is 26.5. The van der Waals surface area contributed by atoms with Crippen molar-refractivity contribution in [3.63, 3.8) is 0 Å². The lowest BCUT2D eigenvalue weighted by molar-refractivity contribution is 0.0600. The molecule has 0 atom stereocenters. The molecule has 0 aromatic heterocycles. The lowest BCUT2D eigenvalue weighted by Crippen LogP contribution is -2.17. The number of nitrogen functional groups attached to an aromatic ring is 1. The number of nitrogens with two attached hydrogens (primary N) is 1. The Morgan fingerprint density at radius 2 is 1.00 bits per heavy atom. The molecule has 3 aromatic rings. The van der Waals surface area contributed by atoms with Crippen LogP contribution in [0, 0.1) is 17.8 Å². The fraction of sp³-hybridized carbons (Fsp3) is 0.382. The second-order valence-corrected chi connectivity index (χ2v) is 11.7. The number of hydrogen-bond acceptors (Lipinski definition) is 8. The molecule has 0 radical (unpaired) electrons. The van der Waals surface area contributed by atoms with Gasteiger partial charge in [0.15, 0.2) is 0 Å². The molecule has 0 saturated carbocycles. The molecule has 3 aromatic carbocycles. The van der Waals surface area contributed by atoms with Crippen LogP contribution in [0.4, 0.5) is 17.1 Å². The number of nitrogens with one attached hydrogen (secondary N) is 2. The quantitative estimate of drug-likeness (QED) is 0.137. The SMILES string of the molecule is COC(=O)c1ccc(NC(=O)c2ccc(NC(=O)c3ccc(N)c(OCC(C)C)c3)c(OCC(C)C)c2)c(OCC(C)C)c1. The third-order valence-corrected chi connectivity index (χ3v) is 6.14. The van der Waals surface area contributed by atoms with E-state index in [9.17, 15) is 14.4 Å². The van der Waals surface area contributed by atoms with Crippen molar-refractivity contribution in [3.05, 3.63) is 71.3 Å². The van der Waals surface area contributed by atoms with Gasteiger partial charge in [-0.05, 0) is 72.4 Å². The van der Waals surface area contributed by atoms with E-state index in [4.69, 9.17) is 24.7 Å². The van der Waals surface area contributed by atoms with Crippen molar-refractivity contribution in [2.24, 2.45) is 17.8 Å². The molecule has 236 valence electrons. The summed E-state index contributed by atoms with van der Waals surface area (Å²) in [7, 11) is 1.30. The Labute approximate surface area is 259 Å². The fourth-order valence-corrected chi connectivity index (χ4v) is 3.84. The van der Waals surface area contributed by atoms with Crippen LogP contribution in [-0.4, -0.2) is 44.7 Å². The molecule has 4 N–H and O–H groups in total. The molecule has 2 amide bonds. The van der Waals surface area contributed by atoms with Gasteiger partial charge >= 0.3 is 5.97 Å². The summed E-state index contributed by atoms with van der Waals surface area (Å²) in [6.07, 6.45) is 0. The average Bonchev–Trinajstić information content (AvgIpc) is 2.98. The van der Waals surface area contributed by atoms with Crippen LogP contribution in [0.1, 0.15) is 72.6 Å². The molecule has 44 heavy (non-hydrogen) atoms. The third kappa shape index (κ3) is 9.65. The van der Waals surface area contributed by atoms with Crippen LogP contribution in [0.3, 0.4) is 0 Å². The summed E-state index contributed by atoms with van der Waals surface area (Å²) in [5.74, 6) is 0.498. The van der Waals surface area contributed by atoms with E-state index >= 15 is 0 Å². The molecule has 0 unspecified atom stereocenters. The summed E-state index contributed by atoms with van der Waals surface area (Å²) in [5.41, 5.74) is 8.23. The van der Waals surface area contributed by atoms with E-state index in [1.807, 2.05) is 41.5 Å². The molecule has 0 bridgehead atoms. The summed E-state index contributed by atoms with van der Waals surface area (Å²) < 4.78 is 22.5.